The summed E-state index contributed by atoms with van der Waals surface area (Å²) < 4.78 is 14.3. The largest absolute Gasteiger partial charge is 0.324 e. The molecule has 98 valence electrons. The predicted molar refractivity (Wildman–Crippen MR) is 70.5 cm³/mol. The van der Waals surface area contributed by atoms with E-state index in [0.29, 0.717) is 11.3 Å². The van der Waals surface area contributed by atoms with Gasteiger partial charge in [-0.25, -0.2) is 4.39 Å². The summed E-state index contributed by atoms with van der Waals surface area (Å²) in [5, 5.41) is 2.54. The molecule has 0 saturated carbocycles. The van der Waals surface area contributed by atoms with E-state index >= 15 is 0 Å². The molecule has 5 heteroatoms. The fraction of sp³-hybridized carbons (Fsp3) is 0.143. The van der Waals surface area contributed by atoms with E-state index in [4.69, 9.17) is 0 Å². The van der Waals surface area contributed by atoms with Crippen LogP contribution in [0.4, 0.5) is 10.1 Å². The lowest BCUT2D eigenvalue weighted by molar-refractivity contribution is -0.116. The van der Waals surface area contributed by atoms with Crippen molar-refractivity contribution in [2.75, 3.05) is 5.32 Å². The summed E-state index contributed by atoms with van der Waals surface area (Å²) in [6.45, 7) is 1.58. The van der Waals surface area contributed by atoms with Crippen LogP contribution in [0.5, 0.6) is 0 Å². The lowest BCUT2D eigenvalue weighted by Gasteiger charge is -2.08. The molecule has 0 unspecified atom stereocenters. The van der Waals surface area contributed by atoms with Crippen LogP contribution < -0.4 is 10.9 Å². The molecule has 0 atom stereocenters. The zero-order valence-electron chi connectivity index (χ0n) is 10.4. The minimum atomic E-state index is -0.425. The van der Waals surface area contributed by atoms with Crippen molar-refractivity contribution in [3.63, 3.8) is 0 Å². The highest BCUT2D eigenvalue weighted by atomic mass is 19.1. The first-order valence-corrected chi connectivity index (χ1v) is 5.78. The second-order valence-electron chi connectivity index (χ2n) is 4.18. The maximum atomic E-state index is 13.0. The topological polar surface area (TPSA) is 51.1 Å². The van der Waals surface area contributed by atoms with Gasteiger partial charge in [-0.3, -0.25) is 9.59 Å². The summed E-state index contributed by atoms with van der Waals surface area (Å²) in [7, 11) is 0. The number of nitrogens with zero attached hydrogens (tertiary/aromatic N) is 1. The molecule has 1 aromatic carbocycles. The molecule has 1 heterocycles. The first kappa shape index (κ1) is 13.0. The number of nitrogens with one attached hydrogen (secondary N) is 1. The van der Waals surface area contributed by atoms with Crippen molar-refractivity contribution in [2.45, 2.75) is 13.5 Å². The molecule has 1 aromatic heterocycles. The molecule has 0 aliphatic rings. The van der Waals surface area contributed by atoms with Gasteiger partial charge in [-0.05, 0) is 31.2 Å². The number of rotatable bonds is 3. The van der Waals surface area contributed by atoms with Crippen molar-refractivity contribution in [1.82, 2.24) is 4.57 Å². The molecule has 0 radical (unpaired) electrons. The maximum absolute atomic E-state index is 13.0. The Morgan fingerprint density at radius 1 is 1.32 bits per heavy atom. The molecular weight excluding hydrogens is 247 g/mol. The molecular formula is C14H13FN2O2. The van der Waals surface area contributed by atoms with Crippen molar-refractivity contribution in [3.05, 3.63) is 64.3 Å². The number of aryl methyl sites for hydroxylation is 1. The minimum absolute atomic E-state index is 0.100. The van der Waals surface area contributed by atoms with Crippen molar-refractivity contribution in [3.8, 4) is 0 Å². The van der Waals surface area contributed by atoms with Gasteiger partial charge in [-0.2, -0.15) is 0 Å². The van der Waals surface area contributed by atoms with Gasteiger partial charge in [0.25, 0.3) is 5.56 Å². The monoisotopic (exact) mass is 260 g/mol. The molecule has 1 amide bonds. The van der Waals surface area contributed by atoms with E-state index in [1.807, 2.05) is 0 Å². The molecule has 0 fully saturated rings. The molecule has 0 saturated heterocycles. The third-order valence-electron chi connectivity index (χ3n) is 2.63. The fourth-order valence-electron chi connectivity index (χ4n) is 1.70. The molecule has 0 aliphatic carbocycles. The minimum Gasteiger partial charge on any atom is -0.324 e. The van der Waals surface area contributed by atoms with Gasteiger partial charge >= 0.3 is 0 Å². The van der Waals surface area contributed by atoms with Crippen LogP contribution in [0.25, 0.3) is 0 Å². The molecule has 19 heavy (non-hydrogen) atoms. The third-order valence-corrected chi connectivity index (χ3v) is 2.63. The van der Waals surface area contributed by atoms with E-state index in [1.165, 1.54) is 22.8 Å². The van der Waals surface area contributed by atoms with Crippen molar-refractivity contribution < 1.29 is 9.18 Å². The van der Waals surface area contributed by atoms with Gasteiger partial charge in [-0.1, -0.05) is 12.1 Å². The van der Waals surface area contributed by atoms with Crippen LogP contribution in [0.2, 0.25) is 0 Å². The fourth-order valence-corrected chi connectivity index (χ4v) is 1.70. The molecule has 4 nitrogen and oxygen atoms in total. The van der Waals surface area contributed by atoms with Gasteiger partial charge in [0.1, 0.15) is 12.4 Å². The zero-order chi connectivity index (χ0) is 13.8. The molecule has 0 bridgehead atoms. The number of hydrogen-bond acceptors (Lipinski definition) is 2. The van der Waals surface area contributed by atoms with Crippen molar-refractivity contribution in [2.24, 2.45) is 0 Å². The van der Waals surface area contributed by atoms with Gasteiger partial charge in [0.05, 0.1) is 0 Å². The highest BCUT2D eigenvalue weighted by Crippen LogP contribution is 2.08. The van der Waals surface area contributed by atoms with E-state index in [1.54, 1.807) is 31.3 Å². The zero-order valence-corrected chi connectivity index (χ0v) is 10.4. The van der Waals surface area contributed by atoms with Gasteiger partial charge in [0, 0.05) is 17.4 Å². The van der Waals surface area contributed by atoms with Crippen LogP contribution >= 0.6 is 0 Å². The van der Waals surface area contributed by atoms with E-state index in [9.17, 15) is 14.0 Å². The van der Waals surface area contributed by atoms with Gasteiger partial charge in [0.15, 0.2) is 0 Å². The molecule has 2 rings (SSSR count). The van der Waals surface area contributed by atoms with Crippen molar-refractivity contribution in [1.29, 1.82) is 0 Å². The second kappa shape index (κ2) is 5.48. The summed E-state index contributed by atoms with van der Waals surface area (Å²) >= 11 is 0. The number of halogens is 1. The number of aromatic nitrogens is 1. The Balaban J connectivity index is 2.10. The van der Waals surface area contributed by atoms with Crippen LogP contribution in [-0.4, -0.2) is 10.5 Å². The summed E-state index contributed by atoms with van der Waals surface area (Å²) in [5.41, 5.74) is 0.726. The lowest BCUT2D eigenvalue weighted by Crippen LogP contribution is -2.28. The molecule has 1 N–H and O–H groups in total. The van der Waals surface area contributed by atoms with E-state index in [0.717, 1.165) is 0 Å². The highest BCUT2D eigenvalue weighted by molar-refractivity contribution is 5.90. The number of pyridine rings is 1. The number of carbonyl (C=O) groups is 1. The van der Waals surface area contributed by atoms with Crippen LogP contribution in [0.3, 0.4) is 0 Å². The first-order valence-electron chi connectivity index (χ1n) is 5.78. The Labute approximate surface area is 109 Å². The Hall–Kier alpha value is -2.43. The SMILES string of the molecule is Cc1cccn(CC(=O)Nc2cccc(F)c2)c1=O. The number of anilines is 1. The summed E-state index contributed by atoms with van der Waals surface area (Å²) in [5.74, 6) is -0.802. The summed E-state index contributed by atoms with van der Waals surface area (Å²) in [6, 6.07) is 8.98. The Kier molecular flexibility index (Phi) is 3.75. The normalized spacial score (nSPS) is 10.2. The van der Waals surface area contributed by atoms with Gasteiger partial charge in [0.2, 0.25) is 5.91 Å². The Morgan fingerprint density at radius 2 is 2.11 bits per heavy atom. The van der Waals surface area contributed by atoms with Crippen LogP contribution in [-0.2, 0) is 11.3 Å². The summed E-state index contributed by atoms with van der Waals surface area (Å²) in [4.78, 5) is 23.5. The van der Waals surface area contributed by atoms with Gasteiger partial charge in [-0.15, -0.1) is 0 Å². The predicted octanol–water partition coefficient (Wildman–Crippen LogP) is 1.93. The standard InChI is InChI=1S/C14H13FN2O2/c1-10-4-3-7-17(14(10)19)9-13(18)16-12-6-2-5-11(15)8-12/h2-8H,9H2,1H3,(H,16,18). The average Bonchev–Trinajstić information content (AvgIpc) is 2.35. The lowest BCUT2D eigenvalue weighted by atomic mass is 10.3. The molecule has 2 aromatic rings. The number of amides is 1. The van der Waals surface area contributed by atoms with Gasteiger partial charge < -0.3 is 9.88 Å². The first-order chi connectivity index (χ1) is 9.06. The van der Waals surface area contributed by atoms with E-state index < -0.39 is 5.82 Å². The Bertz CT molecular complexity index is 664. The number of carbonyl (C=O) groups excluding carboxylic acids is 1. The quantitative estimate of drug-likeness (QED) is 0.916. The van der Waals surface area contributed by atoms with Crippen molar-refractivity contribution >= 4 is 11.6 Å². The summed E-state index contributed by atoms with van der Waals surface area (Å²) in [6.07, 6.45) is 1.54. The molecule has 0 aliphatic heterocycles. The second-order valence-corrected chi connectivity index (χ2v) is 4.18. The average molecular weight is 260 g/mol. The number of benzene rings is 1. The van der Waals surface area contributed by atoms with Crippen LogP contribution in [0.1, 0.15) is 5.56 Å². The smallest absolute Gasteiger partial charge is 0.253 e. The van der Waals surface area contributed by atoms with Crippen LogP contribution in [0, 0.1) is 12.7 Å². The maximum Gasteiger partial charge on any atom is 0.253 e. The molecule has 0 spiro atoms. The third kappa shape index (κ3) is 3.28. The highest BCUT2D eigenvalue weighted by Gasteiger charge is 2.06. The Morgan fingerprint density at radius 3 is 2.84 bits per heavy atom. The van der Waals surface area contributed by atoms with E-state index in [-0.39, 0.29) is 18.0 Å². The van der Waals surface area contributed by atoms with E-state index in [2.05, 4.69) is 5.32 Å². The number of hydrogen-bond donors (Lipinski definition) is 1. The van der Waals surface area contributed by atoms with Crippen LogP contribution in [0.15, 0.2) is 47.4 Å².